The van der Waals surface area contributed by atoms with E-state index >= 15 is 0 Å². The van der Waals surface area contributed by atoms with Gasteiger partial charge in [0.25, 0.3) is 5.91 Å². The molecule has 3 amide bonds. The van der Waals surface area contributed by atoms with Crippen LogP contribution < -0.4 is 16.0 Å². The molecule has 1 aromatic carbocycles. The van der Waals surface area contributed by atoms with Crippen molar-refractivity contribution in [1.29, 1.82) is 0 Å². The molecule has 0 radical (unpaired) electrons. The van der Waals surface area contributed by atoms with E-state index in [2.05, 4.69) is 32.4 Å². The molecule has 0 bridgehead atoms. The van der Waals surface area contributed by atoms with Crippen LogP contribution in [0.25, 0.3) is 0 Å². The maximum absolute atomic E-state index is 14.7. The molecule has 0 saturated heterocycles. The van der Waals surface area contributed by atoms with Crippen molar-refractivity contribution in [2.75, 3.05) is 5.32 Å². The summed E-state index contributed by atoms with van der Waals surface area (Å²) in [5, 5.41) is 6.42. The highest BCUT2D eigenvalue weighted by atomic mass is 35.5. The molecule has 162 valence electrons. The number of H-pyrrole nitrogens is 1. The zero-order valence-electron chi connectivity index (χ0n) is 15.6. The fourth-order valence-electron chi connectivity index (χ4n) is 3.09. The molecule has 1 fully saturated rings. The summed E-state index contributed by atoms with van der Waals surface area (Å²) in [4.78, 5) is 30.3. The fraction of sp³-hybridized carbons (Fsp3) is 0.316. The van der Waals surface area contributed by atoms with Gasteiger partial charge in [-0.05, 0) is 25.0 Å². The summed E-state index contributed by atoms with van der Waals surface area (Å²) >= 11 is 5.76. The number of hydrogen-bond acceptors (Lipinski definition) is 3. The molecule has 0 spiro atoms. The molecule has 2 aromatic rings. The van der Waals surface area contributed by atoms with Crippen molar-refractivity contribution in [2.24, 2.45) is 5.92 Å². The van der Waals surface area contributed by atoms with Crippen LogP contribution in [0.1, 0.15) is 34.5 Å². The number of fused-ring (bicyclic) bond motifs is 1. The Morgan fingerprint density at radius 2 is 2.10 bits per heavy atom. The smallest absolute Gasteiger partial charge is 0.346 e. The number of hydrogen-bond donors (Lipinski definition) is 4. The van der Waals surface area contributed by atoms with Gasteiger partial charge in [-0.3, -0.25) is 4.79 Å². The molecule has 31 heavy (non-hydrogen) atoms. The fourth-order valence-corrected chi connectivity index (χ4v) is 3.27. The lowest BCUT2D eigenvalue weighted by Crippen LogP contribution is -2.59. The number of imidazole rings is 1. The van der Waals surface area contributed by atoms with Crippen LogP contribution in [0.2, 0.25) is 5.15 Å². The van der Waals surface area contributed by atoms with Gasteiger partial charge in [-0.2, -0.15) is 13.2 Å². The molecule has 1 aromatic heterocycles. The molecule has 1 atom stereocenters. The molecule has 1 saturated carbocycles. The molecule has 2 aliphatic rings. The van der Waals surface area contributed by atoms with Gasteiger partial charge in [-0.1, -0.05) is 23.4 Å². The summed E-state index contributed by atoms with van der Waals surface area (Å²) in [6.07, 6.45) is -2.46. The zero-order chi connectivity index (χ0) is 22.4. The Hall–Kier alpha value is -3.26. The molecular formula is C19H14ClF4N5O2. The summed E-state index contributed by atoms with van der Waals surface area (Å²) in [6.45, 7) is -0.378. The Kier molecular flexibility index (Phi) is 5.05. The number of nitrogens with one attached hydrogen (secondary N) is 4. The van der Waals surface area contributed by atoms with Crippen LogP contribution in [0.15, 0.2) is 18.5 Å². The minimum absolute atomic E-state index is 0.0223. The molecule has 2 heterocycles. The number of carbonyl (C=O) groups excluding carboxylic acids is 2. The van der Waals surface area contributed by atoms with Crippen molar-refractivity contribution in [2.45, 2.75) is 31.1 Å². The van der Waals surface area contributed by atoms with Gasteiger partial charge < -0.3 is 20.9 Å². The van der Waals surface area contributed by atoms with E-state index in [1.165, 1.54) is 6.33 Å². The first-order chi connectivity index (χ1) is 14.6. The van der Waals surface area contributed by atoms with Crippen LogP contribution in [0.4, 0.5) is 28.0 Å². The number of alkyl halides is 3. The zero-order valence-corrected chi connectivity index (χ0v) is 16.3. The van der Waals surface area contributed by atoms with Crippen LogP contribution in [0.3, 0.4) is 0 Å². The molecular weight excluding hydrogens is 442 g/mol. The van der Waals surface area contributed by atoms with Crippen molar-refractivity contribution < 1.29 is 27.2 Å². The minimum Gasteiger partial charge on any atom is -0.346 e. The Balaban J connectivity index is 1.69. The second-order valence-corrected chi connectivity index (χ2v) is 7.49. The monoisotopic (exact) mass is 455 g/mol. The number of aromatic nitrogens is 2. The number of nitrogens with zero attached hydrogens (tertiary/aromatic N) is 1. The normalized spacial score (nSPS) is 20.1. The Bertz CT molecular complexity index is 1130. The van der Waals surface area contributed by atoms with E-state index in [1.54, 1.807) is 0 Å². The number of anilines is 1. The maximum atomic E-state index is 14.7. The van der Waals surface area contributed by atoms with Gasteiger partial charge in [-0.25, -0.2) is 14.2 Å². The number of aromatic amines is 1. The van der Waals surface area contributed by atoms with E-state index in [0.29, 0.717) is 18.9 Å². The molecule has 0 unspecified atom stereocenters. The number of amides is 3. The lowest BCUT2D eigenvalue weighted by Gasteiger charge is -2.37. The van der Waals surface area contributed by atoms with Gasteiger partial charge in [-0.15, -0.1) is 0 Å². The second-order valence-electron chi connectivity index (χ2n) is 7.11. The highest BCUT2D eigenvalue weighted by Crippen LogP contribution is 2.45. The lowest BCUT2D eigenvalue weighted by molar-refractivity contribution is -0.178. The minimum atomic E-state index is -5.00. The van der Waals surface area contributed by atoms with Gasteiger partial charge in [0.2, 0.25) is 5.54 Å². The average Bonchev–Trinajstić information content (AvgIpc) is 3.42. The van der Waals surface area contributed by atoms with Gasteiger partial charge in [0, 0.05) is 29.3 Å². The number of urea groups is 1. The second kappa shape index (κ2) is 7.46. The Labute approximate surface area is 177 Å². The lowest BCUT2D eigenvalue weighted by atomic mass is 9.85. The van der Waals surface area contributed by atoms with E-state index < -0.39 is 35.0 Å². The van der Waals surface area contributed by atoms with E-state index in [0.717, 1.165) is 6.07 Å². The first-order valence-corrected chi connectivity index (χ1v) is 9.47. The third kappa shape index (κ3) is 3.90. The summed E-state index contributed by atoms with van der Waals surface area (Å²) < 4.78 is 56.9. The summed E-state index contributed by atoms with van der Waals surface area (Å²) in [6, 6.07) is 0.578. The molecule has 12 heteroatoms. The topological polar surface area (TPSA) is 98.9 Å². The van der Waals surface area contributed by atoms with Gasteiger partial charge in [0.1, 0.15) is 11.0 Å². The van der Waals surface area contributed by atoms with Crippen molar-refractivity contribution in [1.82, 2.24) is 20.6 Å². The van der Waals surface area contributed by atoms with Crippen LogP contribution in [-0.4, -0.2) is 28.1 Å². The van der Waals surface area contributed by atoms with Crippen LogP contribution in [0.5, 0.6) is 0 Å². The van der Waals surface area contributed by atoms with E-state index in [-0.39, 0.29) is 34.6 Å². The number of benzene rings is 1. The molecule has 4 rings (SSSR count). The van der Waals surface area contributed by atoms with Crippen LogP contribution in [-0.2, 0) is 12.1 Å². The van der Waals surface area contributed by atoms with Gasteiger partial charge in [0.15, 0.2) is 5.69 Å². The first kappa shape index (κ1) is 21.0. The largest absolute Gasteiger partial charge is 0.427 e. The summed E-state index contributed by atoms with van der Waals surface area (Å²) in [5.74, 6) is 2.75. The molecule has 7 nitrogen and oxygen atoms in total. The number of carbonyl (C=O) groups is 2. The SMILES string of the molecule is O=C1Nc2cc(CNC(=O)c3nc[nH]c3Cl)c(F)cc2[C@@](C#CC2CC2)(C(F)(F)F)N1. The van der Waals surface area contributed by atoms with Crippen molar-refractivity contribution in [3.05, 3.63) is 46.3 Å². The number of rotatable bonds is 3. The van der Waals surface area contributed by atoms with E-state index in [9.17, 15) is 27.2 Å². The Morgan fingerprint density at radius 1 is 1.35 bits per heavy atom. The predicted molar refractivity (Wildman–Crippen MR) is 102 cm³/mol. The van der Waals surface area contributed by atoms with Crippen molar-refractivity contribution in [3.8, 4) is 11.8 Å². The third-order valence-electron chi connectivity index (χ3n) is 4.85. The molecule has 1 aliphatic heterocycles. The maximum Gasteiger partial charge on any atom is 0.427 e. The quantitative estimate of drug-likeness (QED) is 0.421. The van der Waals surface area contributed by atoms with Gasteiger partial charge in [0.05, 0.1) is 6.33 Å². The van der Waals surface area contributed by atoms with Gasteiger partial charge >= 0.3 is 12.2 Å². The van der Waals surface area contributed by atoms with E-state index in [1.807, 2.05) is 5.32 Å². The highest BCUT2D eigenvalue weighted by molar-refractivity contribution is 6.32. The summed E-state index contributed by atoms with van der Waals surface area (Å²) in [5.41, 5.74) is -4.13. The third-order valence-corrected chi connectivity index (χ3v) is 5.14. The van der Waals surface area contributed by atoms with Crippen LogP contribution >= 0.6 is 11.6 Å². The average molecular weight is 456 g/mol. The van der Waals surface area contributed by atoms with E-state index in [4.69, 9.17) is 11.6 Å². The standard InChI is InChI=1S/C19H14ClF4N5O2/c20-15-14(26-8-27-15)16(30)25-7-10-5-13-11(6-12(10)21)18(19(22,23)24,29-17(31)28-13)4-3-9-1-2-9/h5-6,8-9H,1-2,7H2,(H,25,30)(H,26,27)(H2,28,29,31)/t18-/m0/s1. The predicted octanol–water partition coefficient (Wildman–Crippen LogP) is 3.44. The van der Waals surface area contributed by atoms with Crippen LogP contribution in [0, 0.1) is 23.6 Å². The Morgan fingerprint density at radius 3 is 2.71 bits per heavy atom. The first-order valence-electron chi connectivity index (χ1n) is 9.09. The molecule has 4 N–H and O–H groups in total. The van der Waals surface area contributed by atoms with Crippen molar-refractivity contribution >= 4 is 29.2 Å². The molecule has 1 aliphatic carbocycles. The van der Waals surface area contributed by atoms with Crippen molar-refractivity contribution in [3.63, 3.8) is 0 Å². The number of halogens is 5. The highest BCUT2D eigenvalue weighted by Gasteiger charge is 2.59. The summed E-state index contributed by atoms with van der Waals surface area (Å²) in [7, 11) is 0.